The van der Waals surface area contributed by atoms with Gasteiger partial charge in [-0.05, 0) is 92.3 Å². The van der Waals surface area contributed by atoms with Crippen molar-refractivity contribution in [2.45, 2.75) is 109 Å². The summed E-state index contributed by atoms with van der Waals surface area (Å²) in [6.45, 7) is 4.34. The summed E-state index contributed by atoms with van der Waals surface area (Å²) in [7, 11) is 0. The number of aliphatic hydroxyl groups excluding tert-OH is 1. The summed E-state index contributed by atoms with van der Waals surface area (Å²) in [6.07, 6.45) is -4.44. The number of fused-ring (bicyclic) bond motifs is 5. The van der Waals surface area contributed by atoms with Crippen LogP contribution >= 0.6 is 0 Å². The number of hydrogen-bond donors (Lipinski definition) is 2. The molecule has 0 aromatic rings. The molecule has 33 heavy (non-hydrogen) atoms. The van der Waals surface area contributed by atoms with Crippen LogP contribution in [-0.2, 0) is 0 Å². The van der Waals surface area contributed by atoms with Crippen molar-refractivity contribution < 1.29 is 36.6 Å². The van der Waals surface area contributed by atoms with E-state index in [1.54, 1.807) is 0 Å². The summed E-state index contributed by atoms with van der Waals surface area (Å²) in [5, 5.41) is 19.6. The van der Waals surface area contributed by atoms with Gasteiger partial charge in [-0.15, -0.1) is 0 Å². The van der Waals surface area contributed by atoms with E-state index in [2.05, 4.69) is 13.8 Å². The van der Waals surface area contributed by atoms with Crippen LogP contribution in [0.5, 0.6) is 0 Å². The normalized spacial score (nSPS) is 44.5. The van der Waals surface area contributed by atoms with E-state index in [1.165, 1.54) is 0 Å². The van der Waals surface area contributed by atoms with Gasteiger partial charge in [-0.25, -0.2) is 0 Å². The first kappa shape index (κ1) is 25.3. The van der Waals surface area contributed by atoms with Gasteiger partial charge < -0.3 is 10.2 Å². The van der Waals surface area contributed by atoms with Gasteiger partial charge in [0.25, 0.3) is 0 Å². The van der Waals surface area contributed by atoms with Crippen molar-refractivity contribution in [3.05, 3.63) is 11.6 Å². The lowest BCUT2D eigenvalue weighted by atomic mass is 9.46. The Hall–Kier alpha value is -0.760. The molecule has 0 radical (unpaired) electrons. The first-order valence-electron chi connectivity index (χ1n) is 12.4. The molecule has 4 aliphatic rings. The van der Waals surface area contributed by atoms with Crippen LogP contribution in [0.2, 0.25) is 0 Å². The average molecular weight is 483 g/mol. The molecule has 3 fully saturated rings. The summed E-state index contributed by atoms with van der Waals surface area (Å²) < 4.78 is 78.3. The van der Waals surface area contributed by atoms with Gasteiger partial charge >= 0.3 is 12.4 Å². The summed E-state index contributed by atoms with van der Waals surface area (Å²) >= 11 is 0. The van der Waals surface area contributed by atoms with E-state index < -0.39 is 24.1 Å². The summed E-state index contributed by atoms with van der Waals surface area (Å²) in [5.74, 6) is 1.41. The topological polar surface area (TPSA) is 40.5 Å². The molecule has 3 saturated carbocycles. The van der Waals surface area contributed by atoms with E-state index in [0.717, 1.165) is 37.7 Å². The Labute approximate surface area is 191 Å². The quantitative estimate of drug-likeness (QED) is 0.336. The molecule has 8 heteroatoms. The maximum Gasteiger partial charge on any atom is 0.417 e. The van der Waals surface area contributed by atoms with Crippen LogP contribution in [-0.4, -0.2) is 34.3 Å². The molecule has 2 nitrogen and oxygen atoms in total. The minimum atomic E-state index is -4.63. The highest BCUT2D eigenvalue weighted by Crippen LogP contribution is 2.67. The lowest BCUT2D eigenvalue weighted by Crippen LogP contribution is -2.55. The Kier molecular flexibility index (Phi) is 6.25. The van der Waals surface area contributed by atoms with Gasteiger partial charge in [0.1, 0.15) is 6.10 Å². The summed E-state index contributed by atoms with van der Waals surface area (Å²) in [6, 6.07) is 0. The third-order valence-corrected chi connectivity index (χ3v) is 10.3. The molecule has 0 amide bonds. The van der Waals surface area contributed by atoms with Crippen molar-refractivity contribution in [1.82, 2.24) is 0 Å². The highest BCUT2D eigenvalue weighted by atomic mass is 19.4. The smallest absolute Gasteiger partial charge is 0.384 e. The minimum absolute atomic E-state index is 0.0351. The van der Waals surface area contributed by atoms with Crippen molar-refractivity contribution >= 4 is 0 Å². The molecule has 190 valence electrons. The Bertz CT molecular complexity index is 776. The van der Waals surface area contributed by atoms with Crippen LogP contribution in [0.15, 0.2) is 11.6 Å². The highest BCUT2D eigenvalue weighted by Gasteiger charge is 2.63. The number of alkyl halides is 6. The second-order valence-electron chi connectivity index (χ2n) is 11.8. The molecule has 0 aliphatic heterocycles. The highest BCUT2D eigenvalue weighted by molar-refractivity contribution is 5.27. The van der Waals surface area contributed by atoms with Crippen molar-refractivity contribution in [2.24, 2.45) is 34.5 Å². The second kappa shape index (κ2) is 8.14. The monoisotopic (exact) mass is 482 g/mol. The van der Waals surface area contributed by atoms with Crippen LogP contribution in [0.4, 0.5) is 26.3 Å². The Balaban J connectivity index is 1.46. The molecule has 0 heterocycles. The first-order chi connectivity index (χ1) is 15.1. The van der Waals surface area contributed by atoms with Crippen LogP contribution < -0.4 is 0 Å². The fourth-order valence-electron chi connectivity index (χ4n) is 8.19. The SMILES string of the molecule is C[C@]12CC[C@H]3[C@@H](CC=C4C[C@](O)(C(F)(F)F)CC[C@@]43C)[C@@H]1CC[C@@H]2CCC[C@@H](O)C(F)(F)F. The third kappa shape index (κ3) is 4.15. The van der Waals surface area contributed by atoms with Crippen LogP contribution in [0.25, 0.3) is 0 Å². The van der Waals surface area contributed by atoms with Crippen molar-refractivity contribution in [3.8, 4) is 0 Å². The van der Waals surface area contributed by atoms with Crippen molar-refractivity contribution in [2.75, 3.05) is 0 Å². The van der Waals surface area contributed by atoms with E-state index in [9.17, 15) is 36.6 Å². The molecule has 4 rings (SSSR count). The Morgan fingerprint density at radius 1 is 1.00 bits per heavy atom. The second-order valence-corrected chi connectivity index (χ2v) is 11.8. The van der Waals surface area contributed by atoms with Gasteiger partial charge in [0.05, 0.1) is 0 Å². The fraction of sp³-hybridized carbons (Fsp3) is 0.920. The lowest BCUT2D eigenvalue weighted by Gasteiger charge is -2.59. The van der Waals surface area contributed by atoms with E-state index in [1.807, 2.05) is 6.08 Å². The summed E-state index contributed by atoms with van der Waals surface area (Å²) in [4.78, 5) is 0. The molecule has 0 unspecified atom stereocenters. The zero-order valence-electron chi connectivity index (χ0n) is 19.4. The third-order valence-electron chi connectivity index (χ3n) is 10.3. The van der Waals surface area contributed by atoms with Crippen LogP contribution in [0.1, 0.15) is 84.5 Å². The molecule has 0 aromatic heterocycles. The number of rotatable bonds is 4. The molecule has 2 N–H and O–H groups in total. The zero-order valence-corrected chi connectivity index (χ0v) is 19.4. The van der Waals surface area contributed by atoms with E-state index in [4.69, 9.17) is 0 Å². The van der Waals surface area contributed by atoms with Gasteiger partial charge in [0, 0.05) is 6.42 Å². The lowest BCUT2D eigenvalue weighted by molar-refractivity contribution is -0.271. The predicted molar refractivity (Wildman–Crippen MR) is 112 cm³/mol. The van der Waals surface area contributed by atoms with Gasteiger partial charge in [0.15, 0.2) is 5.60 Å². The maximum absolute atomic E-state index is 13.5. The van der Waals surface area contributed by atoms with Crippen LogP contribution in [0.3, 0.4) is 0 Å². The number of aliphatic hydroxyl groups is 2. The van der Waals surface area contributed by atoms with Crippen LogP contribution in [0, 0.1) is 34.5 Å². The van der Waals surface area contributed by atoms with Gasteiger partial charge in [-0.1, -0.05) is 31.9 Å². The Morgan fingerprint density at radius 2 is 1.70 bits per heavy atom. The number of allylic oxidation sites excluding steroid dienone is 1. The largest absolute Gasteiger partial charge is 0.417 e. The van der Waals surface area contributed by atoms with Gasteiger partial charge in [-0.2, -0.15) is 26.3 Å². The molecule has 0 saturated heterocycles. The molecule has 0 bridgehead atoms. The minimum Gasteiger partial charge on any atom is -0.384 e. The molecule has 0 spiro atoms. The number of hydrogen-bond acceptors (Lipinski definition) is 2. The first-order valence-corrected chi connectivity index (χ1v) is 12.4. The van der Waals surface area contributed by atoms with E-state index in [-0.39, 0.29) is 30.1 Å². The fourth-order valence-corrected chi connectivity index (χ4v) is 8.19. The molecule has 4 aliphatic carbocycles. The van der Waals surface area contributed by atoms with E-state index >= 15 is 0 Å². The zero-order chi connectivity index (χ0) is 24.4. The summed E-state index contributed by atoms with van der Waals surface area (Å²) in [5.41, 5.74) is -2.16. The molecule has 8 atom stereocenters. The van der Waals surface area contributed by atoms with Gasteiger partial charge in [-0.3, -0.25) is 0 Å². The standard InChI is InChI=1S/C25H36F6O2/c1-21-11-10-19-17(18(21)9-7-15(21)4-3-5-20(32)24(26,27)28)8-6-16-14-23(33,25(29,30)31)13-12-22(16,19)2/h6,15,17-20,32-33H,3-5,7-14H2,1-2H3/t15-,17-,18-,19-,20+,21+,22-,23-/m0/s1. The molecular formula is C25H36F6O2. The van der Waals surface area contributed by atoms with Crippen molar-refractivity contribution in [3.63, 3.8) is 0 Å². The average Bonchev–Trinajstić information content (AvgIpc) is 3.03. The van der Waals surface area contributed by atoms with E-state index in [0.29, 0.717) is 42.9 Å². The number of halogens is 6. The van der Waals surface area contributed by atoms with Crippen molar-refractivity contribution in [1.29, 1.82) is 0 Å². The molecule has 0 aromatic carbocycles. The van der Waals surface area contributed by atoms with Gasteiger partial charge in [0.2, 0.25) is 0 Å². The predicted octanol–water partition coefficient (Wildman–Crippen LogP) is 6.95. The molecular weight excluding hydrogens is 446 g/mol. The Morgan fingerprint density at radius 3 is 2.33 bits per heavy atom. The maximum atomic E-state index is 13.5.